The highest BCUT2D eigenvalue weighted by molar-refractivity contribution is 5.85. The summed E-state index contributed by atoms with van der Waals surface area (Å²) < 4.78 is 21.6. The second-order valence-electron chi connectivity index (χ2n) is 5.99. The lowest BCUT2D eigenvalue weighted by Crippen LogP contribution is -2.43. The molecule has 2 rings (SSSR count). The summed E-state index contributed by atoms with van der Waals surface area (Å²) in [6.07, 6.45) is 0.982. The van der Waals surface area contributed by atoms with Gasteiger partial charge in [0, 0.05) is 32.8 Å². The van der Waals surface area contributed by atoms with E-state index >= 15 is 0 Å². The fraction of sp³-hybridized carbons (Fsp3) is 0.632. The second-order valence-corrected chi connectivity index (χ2v) is 5.99. The van der Waals surface area contributed by atoms with Crippen LogP contribution in [-0.4, -0.2) is 70.6 Å². The maximum Gasteiger partial charge on any atom is 0.260 e. The summed E-state index contributed by atoms with van der Waals surface area (Å²) >= 11 is 0. The number of methoxy groups -OCH3 is 1. The monoisotopic (exact) mass is 402 g/mol. The van der Waals surface area contributed by atoms with Crippen LogP contribution in [0.1, 0.15) is 18.9 Å². The van der Waals surface area contributed by atoms with Crippen molar-refractivity contribution in [3.8, 4) is 11.5 Å². The van der Waals surface area contributed by atoms with Crippen molar-refractivity contribution in [1.29, 1.82) is 0 Å². The first-order chi connectivity index (χ1) is 12.7. The number of halogens is 1. The summed E-state index contributed by atoms with van der Waals surface area (Å²) in [5, 5.41) is 3.38. The smallest absolute Gasteiger partial charge is 0.260 e. The van der Waals surface area contributed by atoms with Crippen LogP contribution in [0.3, 0.4) is 0 Å². The molecule has 0 spiro atoms. The van der Waals surface area contributed by atoms with Crippen LogP contribution in [0.2, 0.25) is 0 Å². The first-order valence-corrected chi connectivity index (χ1v) is 9.18. The van der Waals surface area contributed by atoms with Crippen LogP contribution >= 0.6 is 12.4 Å². The van der Waals surface area contributed by atoms with Gasteiger partial charge in [-0.05, 0) is 37.6 Å². The summed E-state index contributed by atoms with van der Waals surface area (Å²) in [6.45, 7) is 7.58. The lowest BCUT2D eigenvalue weighted by Gasteiger charge is -2.26. The Morgan fingerprint density at radius 3 is 2.74 bits per heavy atom. The average Bonchev–Trinajstić information content (AvgIpc) is 2.69. The third-order valence-corrected chi connectivity index (χ3v) is 4.12. The highest BCUT2D eigenvalue weighted by atomic mass is 35.5. The Balaban J connectivity index is 0.00000364. The molecule has 0 radical (unpaired) electrons. The van der Waals surface area contributed by atoms with Gasteiger partial charge in [-0.3, -0.25) is 4.79 Å². The molecule has 8 heteroatoms. The number of benzene rings is 1. The minimum absolute atomic E-state index is 0. The van der Waals surface area contributed by atoms with Crippen molar-refractivity contribution in [3.05, 3.63) is 23.8 Å². The average molecular weight is 403 g/mol. The Morgan fingerprint density at radius 2 is 2.04 bits per heavy atom. The molecule has 27 heavy (non-hydrogen) atoms. The standard InChI is InChI=1S/C19H30N2O5.ClH/c1-3-24-10-4-7-20-14-16-5-6-17(18(13-16)23-2)26-15-19(22)21-8-11-25-12-9-21;/h5-6,13,20H,3-4,7-12,14-15H2,1-2H3;1H. The normalized spacial score (nSPS) is 13.8. The van der Waals surface area contributed by atoms with Crippen LogP contribution in [0.4, 0.5) is 0 Å². The molecule has 0 bridgehead atoms. The number of nitrogens with one attached hydrogen (secondary N) is 1. The van der Waals surface area contributed by atoms with E-state index in [0.717, 1.165) is 38.3 Å². The number of hydrogen-bond donors (Lipinski definition) is 1. The zero-order valence-corrected chi connectivity index (χ0v) is 17.0. The first-order valence-electron chi connectivity index (χ1n) is 9.18. The van der Waals surface area contributed by atoms with Crippen molar-refractivity contribution < 1.29 is 23.7 Å². The van der Waals surface area contributed by atoms with Crippen LogP contribution in [0.5, 0.6) is 11.5 Å². The molecule has 1 fully saturated rings. The SMILES string of the molecule is CCOCCCNCc1ccc(OCC(=O)N2CCOCC2)c(OC)c1.Cl. The quantitative estimate of drug-likeness (QED) is 0.570. The summed E-state index contributed by atoms with van der Waals surface area (Å²) in [5.74, 6) is 1.18. The molecule has 0 unspecified atom stereocenters. The van der Waals surface area contributed by atoms with E-state index in [2.05, 4.69) is 5.32 Å². The molecule has 1 amide bonds. The van der Waals surface area contributed by atoms with Gasteiger partial charge in [-0.15, -0.1) is 12.4 Å². The lowest BCUT2D eigenvalue weighted by atomic mass is 10.2. The van der Waals surface area contributed by atoms with E-state index in [1.807, 2.05) is 25.1 Å². The van der Waals surface area contributed by atoms with Crippen molar-refractivity contribution in [1.82, 2.24) is 10.2 Å². The van der Waals surface area contributed by atoms with Crippen molar-refractivity contribution >= 4 is 18.3 Å². The van der Waals surface area contributed by atoms with Gasteiger partial charge in [0.05, 0.1) is 20.3 Å². The van der Waals surface area contributed by atoms with Crippen molar-refractivity contribution in [2.24, 2.45) is 0 Å². The molecule has 0 atom stereocenters. The van der Waals surface area contributed by atoms with Crippen LogP contribution < -0.4 is 14.8 Å². The number of amides is 1. The van der Waals surface area contributed by atoms with E-state index in [1.54, 1.807) is 12.0 Å². The van der Waals surface area contributed by atoms with Gasteiger partial charge in [-0.2, -0.15) is 0 Å². The molecular weight excluding hydrogens is 372 g/mol. The number of morpholine rings is 1. The van der Waals surface area contributed by atoms with Gasteiger partial charge in [0.2, 0.25) is 0 Å². The van der Waals surface area contributed by atoms with Gasteiger partial charge in [-0.25, -0.2) is 0 Å². The molecule has 1 N–H and O–H groups in total. The van der Waals surface area contributed by atoms with E-state index < -0.39 is 0 Å². The maximum atomic E-state index is 12.2. The Labute approximate surface area is 167 Å². The largest absolute Gasteiger partial charge is 0.493 e. The molecule has 0 aromatic heterocycles. The minimum atomic E-state index is -0.0320. The molecule has 1 saturated heterocycles. The van der Waals surface area contributed by atoms with E-state index in [0.29, 0.717) is 37.8 Å². The molecule has 0 aliphatic carbocycles. The van der Waals surface area contributed by atoms with E-state index in [1.165, 1.54) is 0 Å². The van der Waals surface area contributed by atoms with E-state index in [-0.39, 0.29) is 24.9 Å². The lowest BCUT2D eigenvalue weighted by molar-refractivity contribution is -0.137. The number of hydrogen-bond acceptors (Lipinski definition) is 6. The van der Waals surface area contributed by atoms with Gasteiger partial charge >= 0.3 is 0 Å². The molecule has 1 aliphatic rings. The van der Waals surface area contributed by atoms with Crippen LogP contribution in [0, 0.1) is 0 Å². The Bertz CT molecular complexity index is 553. The summed E-state index contributed by atoms with van der Waals surface area (Å²) in [6, 6.07) is 5.76. The van der Waals surface area contributed by atoms with E-state index in [9.17, 15) is 4.79 Å². The van der Waals surface area contributed by atoms with Crippen molar-refractivity contribution in [2.45, 2.75) is 19.9 Å². The van der Waals surface area contributed by atoms with Crippen molar-refractivity contribution in [3.63, 3.8) is 0 Å². The Kier molecular flexibility index (Phi) is 11.8. The Hall–Kier alpha value is -1.54. The molecule has 0 saturated carbocycles. The predicted octanol–water partition coefficient (Wildman–Crippen LogP) is 1.87. The molecule has 1 aliphatic heterocycles. The predicted molar refractivity (Wildman–Crippen MR) is 106 cm³/mol. The number of rotatable bonds is 11. The highest BCUT2D eigenvalue weighted by Crippen LogP contribution is 2.28. The molecule has 7 nitrogen and oxygen atoms in total. The van der Waals surface area contributed by atoms with Crippen LogP contribution in [0.25, 0.3) is 0 Å². The summed E-state index contributed by atoms with van der Waals surface area (Å²) in [7, 11) is 1.60. The van der Waals surface area contributed by atoms with Crippen molar-refractivity contribution in [2.75, 3.05) is 59.8 Å². The van der Waals surface area contributed by atoms with Crippen LogP contribution in [0.15, 0.2) is 18.2 Å². The zero-order valence-electron chi connectivity index (χ0n) is 16.2. The zero-order chi connectivity index (χ0) is 18.6. The third kappa shape index (κ3) is 8.34. The fourth-order valence-corrected chi connectivity index (χ4v) is 2.66. The summed E-state index contributed by atoms with van der Waals surface area (Å²) in [5.41, 5.74) is 1.10. The number of carbonyl (C=O) groups excluding carboxylic acids is 1. The highest BCUT2D eigenvalue weighted by Gasteiger charge is 2.18. The van der Waals surface area contributed by atoms with Gasteiger partial charge in [0.25, 0.3) is 5.91 Å². The van der Waals surface area contributed by atoms with Gasteiger partial charge in [-0.1, -0.05) is 6.07 Å². The molecular formula is C19H31ClN2O5. The van der Waals surface area contributed by atoms with Gasteiger partial charge in [0.15, 0.2) is 18.1 Å². The molecule has 1 heterocycles. The number of ether oxygens (including phenoxy) is 4. The second kappa shape index (κ2) is 13.6. The number of carbonyl (C=O) groups is 1. The maximum absolute atomic E-state index is 12.2. The summed E-state index contributed by atoms with van der Waals surface area (Å²) in [4.78, 5) is 13.9. The minimum Gasteiger partial charge on any atom is -0.493 e. The van der Waals surface area contributed by atoms with Gasteiger partial charge in [0.1, 0.15) is 0 Å². The molecule has 1 aromatic carbocycles. The first kappa shape index (κ1) is 23.5. The van der Waals surface area contributed by atoms with Crippen LogP contribution in [-0.2, 0) is 20.8 Å². The topological polar surface area (TPSA) is 69.3 Å². The van der Waals surface area contributed by atoms with Gasteiger partial charge < -0.3 is 29.2 Å². The molecule has 1 aromatic rings. The molecule has 154 valence electrons. The number of nitrogens with zero attached hydrogens (tertiary/aromatic N) is 1. The third-order valence-electron chi connectivity index (χ3n) is 4.12. The Morgan fingerprint density at radius 1 is 1.26 bits per heavy atom. The van der Waals surface area contributed by atoms with E-state index in [4.69, 9.17) is 18.9 Å². The fourth-order valence-electron chi connectivity index (χ4n) is 2.66.